The molecular weight excluding hydrogens is 212 g/mol. The van der Waals surface area contributed by atoms with Crippen LogP contribution in [0.1, 0.15) is 11.6 Å². The largest absolute Gasteiger partial charge is 0.308 e. The van der Waals surface area contributed by atoms with E-state index in [2.05, 4.69) is 29.4 Å². The van der Waals surface area contributed by atoms with E-state index in [1.807, 2.05) is 6.92 Å². The van der Waals surface area contributed by atoms with Crippen LogP contribution in [0.3, 0.4) is 0 Å². The summed E-state index contributed by atoms with van der Waals surface area (Å²) in [6.45, 7) is 4.52. The third-order valence-corrected chi connectivity index (χ3v) is 3.14. The summed E-state index contributed by atoms with van der Waals surface area (Å²) >= 11 is 1.38. The Kier molecular flexibility index (Phi) is 2.00. The van der Waals surface area contributed by atoms with Gasteiger partial charge in [0.15, 0.2) is 10.8 Å². The first-order valence-electron chi connectivity index (χ1n) is 4.78. The molecule has 0 radical (unpaired) electrons. The molecule has 2 aromatic heterocycles. The zero-order valence-electron chi connectivity index (χ0n) is 8.27. The Morgan fingerprint density at radius 2 is 2.33 bits per heavy atom. The van der Waals surface area contributed by atoms with Crippen molar-refractivity contribution in [2.24, 2.45) is 0 Å². The Balaban J connectivity index is 2.08. The molecule has 0 fully saturated rings. The summed E-state index contributed by atoms with van der Waals surface area (Å²) in [7, 11) is 0. The lowest BCUT2D eigenvalue weighted by atomic mass is 10.4. The van der Waals surface area contributed by atoms with Gasteiger partial charge < -0.3 is 9.88 Å². The Hall–Kier alpha value is -1.34. The van der Waals surface area contributed by atoms with E-state index < -0.39 is 0 Å². The summed E-state index contributed by atoms with van der Waals surface area (Å²) in [5.74, 6) is 2.61. The quantitative estimate of drug-likeness (QED) is 0.747. The minimum atomic E-state index is 0.783. The lowest BCUT2D eigenvalue weighted by Crippen LogP contribution is -2.28. The van der Waals surface area contributed by atoms with Gasteiger partial charge in [0.25, 0.3) is 0 Å². The molecule has 3 rings (SSSR count). The molecule has 3 heterocycles. The molecular formula is C8H10N6S. The molecule has 0 aliphatic carbocycles. The fourth-order valence-corrected chi connectivity index (χ4v) is 2.30. The van der Waals surface area contributed by atoms with E-state index in [0.717, 1.165) is 42.1 Å². The molecule has 1 aliphatic heterocycles. The van der Waals surface area contributed by atoms with Crippen LogP contribution in [0, 0.1) is 6.92 Å². The van der Waals surface area contributed by atoms with Crippen molar-refractivity contribution in [3.8, 4) is 10.8 Å². The predicted molar refractivity (Wildman–Crippen MR) is 55.4 cm³/mol. The van der Waals surface area contributed by atoms with Crippen LogP contribution in [0.2, 0.25) is 0 Å². The molecule has 0 unspecified atom stereocenters. The maximum atomic E-state index is 4.32. The van der Waals surface area contributed by atoms with Gasteiger partial charge in [-0.25, -0.2) is 4.98 Å². The van der Waals surface area contributed by atoms with Crippen molar-refractivity contribution in [3.05, 3.63) is 11.6 Å². The summed E-state index contributed by atoms with van der Waals surface area (Å²) in [4.78, 5) is 4.32. The lowest BCUT2D eigenvalue weighted by molar-refractivity contribution is 0.508. The number of nitrogens with one attached hydrogen (secondary N) is 1. The Morgan fingerprint density at radius 3 is 3.13 bits per heavy atom. The van der Waals surface area contributed by atoms with Crippen LogP contribution in [0.25, 0.3) is 10.8 Å². The van der Waals surface area contributed by atoms with Gasteiger partial charge in [0.05, 0.1) is 6.54 Å². The molecule has 0 spiro atoms. The summed E-state index contributed by atoms with van der Waals surface area (Å²) in [6.07, 6.45) is 0. The first-order valence-corrected chi connectivity index (χ1v) is 5.55. The van der Waals surface area contributed by atoms with E-state index in [1.54, 1.807) is 0 Å². The highest BCUT2D eigenvalue weighted by atomic mass is 32.1. The predicted octanol–water partition coefficient (Wildman–Crippen LogP) is 0.208. The summed E-state index contributed by atoms with van der Waals surface area (Å²) < 4.78 is 6.26. The van der Waals surface area contributed by atoms with Crippen molar-refractivity contribution < 1.29 is 0 Å². The van der Waals surface area contributed by atoms with E-state index in [4.69, 9.17) is 0 Å². The van der Waals surface area contributed by atoms with Crippen molar-refractivity contribution in [1.29, 1.82) is 0 Å². The SMILES string of the molecule is Cc1nsc(-c2nnc3n2CCNC3)n1. The molecule has 0 saturated carbocycles. The molecule has 15 heavy (non-hydrogen) atoms. The fourth-order valence-electron chi connectivity index (χ4n) is 1.64. The Bertz CT molecular complexity index is 487. The zero-order valence-corrected chi connectivity index (χ0v) is 9.08. The maximum Gasteiger partial charge on any atom is 0.194 e. The Morgan fingerprint density at radius 1 is 1.40 bits per heavy atom. The van der Waals surface area contributed by atoms with Gasteiger partial charge in [-0.1, -0.05) is 0 Å². The standard InChI is InChI=1S/C8H10N6S/c1-5-10-8(15-13-5)7-12-11-6-4-9-2-3-14(6)7/h9H,2-4H2,1H3. The van der Waals surface area contributed by atoms with E-state index >= 15 is 0 Å². The molecule has 0 bridgehead atoms. The molecule has 78 valence electrons. The van der Waals surface area contributed by atoms with E-state index in [-0.39, 0.29) is 0 Å². The molecule has 1 aliphatic rings. The highest BCUT2D eigenvalue weighted by Gasteiger charge is 2.18. The minimum absolute atomic E-state index is 0.783. The van der Waals surface area contributed by atoms with Gasteiger partial charge in [-0.15, -0.1) is 10.2 Å². The average molecular weight is 222 g/mol. The number of hydrogen-bond donors (Lipinski definition) is 1. The molecule has 6 nitrogen and oxygen atoms in total. The zero-order chi connectivity index (χ0) is 10.3. The van der Waals surface area contributed by atoms with Crippen molar-refractivity contribution in [1.82, 2.24) is 29.4 Å². The van der Waals surface area contributed by atoms with Crippen LogP contribution in [0.15, 0.2) is 0 Å². The number of aromatic nitrogens is 5. The average Bonchev–Trinajstić information content (AvgIpc) is 2.83. The van der Waals surface area contributed by atoms with Crippen LogP contribution in [-0.4, -0.2) is 30.7 Å². The van der Waals surface area contributed by atoms with Gasteiger partial charge in [-0.2, -0.15) is 4.37 Å². The smallest absolute Gasteiger partial charge is 0.194 e. The molecule has 7 heteroatoms. The fraction of sp³-hybridized carbons (Fsp3) is 0.500. The van der Waals surface area contributed by atoms with E-state index in [9.17, 15) is 0 Å². The van der Waals surface area contributed by atoms with Crippen LogP contribution in [0.4, 0.5) is 0 Å². The number of rotatable bonds is 1. The molecule has 0 aromatic carbocycles. The van der Waals surface area contributed by atoms with Crippen molar-refractivity contribution in [3.63, 3.8) is 0 Å². The molecule has 0 atom stereocenters. The van der Waals surface area contributed by atoms with Gasteiger partial charge in [0, 0.05) is 13.1 Å². The highest BCUT2D eigenvalue weighted by Crippen LogP contribution is 2.21. The van der Waals surface area contributed by atoms with Crippen molar-refractivity contribution in [2.45, 2.75) is 20.0 Å². The molecule has 0 amide bonds. The number of fused-ring (bicyclic) bond motifs is 1. The van der Waals surface area contributed by atoms with Gasteiger partial charge in [-0.3, -0.25) is 0 Å². The first-order chi connectivity index (χ1) is 7.34. The lowest BCUT2D eigenvalue weighted by Gasteiger charge is -2.14. The number of hydrogen-bond acceptors (Lipinski definition) is 6. The van der Waals surface area contributed by atoms with Gasteiger partial charge >= 0.3 is 0 Å². The summed E-state index contributed by atoms with van der Waals surface area (Å²) in [6, 6.07) is 0. The molecule has 2 aromatic rings. The molecule has 0 saturated heterocycles. The van der Waals surface area contributed by atoms with Crippen molar-refractivity contribution >= 4 is 11.5 Å². The summed E-state index contributed by atoms with van der Waals surface area (Å²) in [5, 5.41) is 12.4. The van der Waals surface area contributed by atoms with Crippen LogP contribution in [0.5, 0.6) is 0 Å². The Labute approximate surface area is 90.5 Å². The third-order valence-electron chi connectivity index (χ3n) is 2.34. The highest BCUT2D eigenvalue weighted by molar-refractivity contribution is 7.09. The third kappa shape index (κ3) is 1.44. The van der Waals surface area contributed by atoms with Crippen LogP contribution >= 0.6 is 11.5 Å². The topological polar surface area (TPSA) is 68.5 Å². The number of aryl methyl sites for hydroxylation is 1. The van der Waals surface area contributed by atoms with Crippen LogP contribution < -0.4 is 5.32 Å². The van der Waals surface area contributed by atoms with E-state index in [0.29, 0.717) is 0 Å². The second-order valence-electron chi connectivity index (χ2n) is 3.41. The van der Waals surface area contributed by atoms with Gasteiger partial charge in [-0.05, 0) is 18.5 Å². The second kappa shape index (κ2) is 3.35. The minimum Gasteiger partial charge on any atom is -0.308 e. The second-order valence-corrected chi connectivity index (χ2v) is 4.17. The van der Waals surface area contributed by atoms with Gasteiger partial charge in [0.2, 0.25) is 0 Å². The monoisotopic (exact) mass is 222 g/mol. The van der Waals surface area contributed by atoms with Crippen molar-refractivity contribution in [2.75, 3.05) is 6.54 Å². The maximum absolute atomic E-state index is 4.32. The molecule has 1 N–H and O–H groups in total. The number of nitrogens with zero attached hydrogens (tertiary/aromatic N) is 5. The summed E-state index contributed by atoms with van der Waals surface area (Å²) in [5.41, 5.74) is 0. The van der Waals surface area contributed by atoms with E-state index in [1.165, 1.54) is 11.5 Å². The van der Waals surface area contributed by atoms with Gasteiger partial charge in [0.1, 0.15) is 11.6 Å². The normalized spacial score (nSPS) is 15.3. The first kappa shape index (κ1) is 8.93. The van der Waals surface area contributed by atoms with Crippen LogP contribution in [-0.2, 0) is 13.1 Å².